The fraction of sp³-hybridized carbons (Fsp3) is 0. The van der Waals surface area contributed by atoms with Gasteiger partial charge in [-0.25, -0.2) is 9.59 Å². The van der Waals surface area contributed by atoms with Crippen LogP contribution in [0.5, 0.6) is 0 Å². The van der Waals surface area contributed by atoms with Crippen molar-refractivity contribution in [2.45, 2.75) is 0 Å². The van der Waals surface area contributed by atoms with E-state index in [9.17, 15) is 0 Å². The van der Waals surface area contributed by atoms with Crippen LogP contribution in [0.2, 0.25) is 0 Å². The van der Waals surface area contributed by atoms with Gasteiger partial charge in [0.25, 0.3) is 0 Å². The summed E-state index contributed by atoms with van der Waals surface area (Å²) in [6.07, 6.45) is -3.67. The Labute approximate surface area is 124 Å². The molecule has 0 aromatic rings. The second-order valence-corrected chi connectivity index (χ2v) is 0.565. The summed E-state index contributed by atoms with van der Waals surface area (Å²) in [6.45, 7) is 0. The Balaban J connectivity index is -0.0000000112. The van der Waals surface area contributed by atoms with Crippen LogP contribution in [0, 0.1) is 0 Å². The molecule has 0 radical (unpaired) electrons. The average Bonchev–Trinajstić information content (AvgIpc) is 1.25. The van der Waals surface area contributed by atoms with Gasteiger partial charge in [0, 0.05) is 0 Å². The molecular formula is C2H13AlCaMgO7. The van der Waals surface area contributed by atoms with Crippen LogP contribution in [0.1, 0.15) is 0 Å². The Hall–Kier alpha value is 1.06. The maximum absolute atomic E-state index is 8.56. The SMILES string of the molecule is O.O=C(O)O.O=C(O)O.[AlH3].[CaH2].[MgH2]. The first kappa shape index (κ1) is 38.1. The van der Waals surface area contributed by atoms with Gasteiger partial charge < -0.3 is 25.9 Å². The Morgan fingerprint density at radius 3 is 0.833 bits per heavy atom. The predicted octanol–water partition coefficient (Wildman–Crippen LogP) is -3.40. The van der Waals surface area contributed by atoms with Gasteiger partial charge >= 0.3 is 73.1 Å². The molecule has 0 amide bonds. The maximum Gasteiger partial charge on any atom is 0.316 e. The van der Waals surface area contributed by atoms with Gasteiger partial charge in [0.05, 0.1) is 0 Å². The van der Waals surface area contributed by atoms with E-state index in [1.807, 2.05) is 0 Å². The summed E-state index contributed by atoms with van der Waals surface area (Å²) in [6, 6.07) is 0. The van der Waals surface area contributed by atoms with Crippen LogP contribution in [-0.4, -0.2) is 116 Å². The van der Waals surface area contributed by atoms with Crippen LogP contribution < -0.4 is 0 Å². The third-order valence-electron chi connectivity index (χ3n) is 0. The fourth-order valence-electron chi connectivity index (χ4n) is 0. The summed E-state index contributed by atoms with van der Waals surface area (Å²) in [5.41, 5.74) is 0. The molecule has 70 valence electrons. The van der Waals surface area contributed by atoms with Crippen LogP contribution in [0.4, 0.5) is 9.59 Å². The van der Waals surface area contributed by atoms with Crippen LogP contribution in [0.3, 0.4) is 0 Å². The van der Waals surface area contributed by atoms with E-state index >= 15 is 0 Å². The number of carbonyl (C=O) groups is 2. The zero-order valence-electron chi connectivity index (χ0n) is 4.11. The summed E-state index contributed by atoms with van der Waals surface area (Å²) in [5.74, 6) is 0. The number of hydrogen-bond acceptors (Lipinski definition) is 2. The van der Waals surface area contributed by atoms with Crippen molar-refractivity contribution >= 4 is 90.5 Å². The Morgan fingerprint density at radius 1 is 0.833 bits per heavy atom. The fourth-order valence-corrected chi connectivity index (χ4v) is 0. The van der Waals surface area contributed by atoms with E-state index in [-0.39, 0.29) is 83.6 Å². The van der Waals surface area contributed by atoms with Gasteiger partial charge in [-0.3, -0.25) is 0 Å². The van der Waals surface area contributed by atoms with E-state index in [4.69, 9.17) is 30.0 Å². The minimum atomic E-state index is -1.83. The molecule has 0 saturated carbocycles. The molecule has 0 aliphatic carbocycles. The molecule has 0 atom stereocenters. The van der Waals surface area contributed by atoms with Gasteiger partial charge in [0.2, 0.25) is 0 Å². The molecule has 0 bridgehead atoms. The molecule has 0 rings (SSSR count). The minimum absolute atomic E-state index is 0. The first-order valence-electron chi connectivity index (χ1n) is 1.30. The molecule has 12 heavy (non-hydrogen) atoms. The van der Waals surface area contributed by atoms with Gasteiger partial charge in [0.15, 0.2) is 17.4 Å². The van der Waals surface area contributed by atoms with Crippen molar-refractivity contribution in [3.8, 4) is 0 Å². The van der Waals surface area contributed by atoms with Crippen molar-refractivity contribution in [2.75, 3.05) is 0 Å². The van der Waals surface area contributed by atoms with Crippen molar-refractivity contribution in [1.29, 1.82) is 0 Å². The molecule has 0 aliphatic rings. The first-order valence-corrected chi connectivity index (χ1v) is 1.30. The smallest absolute Gasteiger partial charge is 0.316 e. The van der Waals surface area contributed by atoms with E-state index in [0.29, 0.717) is 0 Å². The second-order valence-electron chi connectivity index (χ2n) is 0.565. The molecule has 6 N–H and O–H groups in total. The summed E-state index contributed by atoms with van der Waals surface area (Å²) in [7, 11) is 0. The minimum Gasteiger partial charge on any atom is 0.316 e. The Bertz CT molecular complexity index is 79.4. The Morgan fingerprint density at radius 2 is 0.833 bits per heavy atom. The molecule has 0 spiro atoms. The van der Waals surface area contributed by atoms with E-state index < -0.39 is 12.3 Å². The zero-order valence-corrected chi connectivity index (χ0v) is 4.11. The molecule has 0 heterocycles. The van der Waals surface area contributed by atoms with E-state index in [2.05, 4.69) is 0 Å². The summed E-state index contributed by atoms with van der Waals surface area (Å²) >= 11 is 0. The zero-order chi connectivity index (χ0) is 7.15. The van der Waals surface area contributed by atoms with Crippen molar-refractivity contribution in [2.24, 2.45) is 0 Å². The largest absolute Gasteiger partial charge is 0.316 e. The maximum atomic E-state index is 8.56. The molecule has 0 saturated heterocycles. The molecule has 0 unspecified atom stereocenters. The van der Waals surface area contributed by atoms with E-state index in [1.54, 1.807) is 0 Å². The molecule has 0 aromatic carbocycles. The van der Waals surface area contributed by atoms with Crippen LogP contribution in [0.25, 0.3) is 0 Å². The van der Waals surface area contributed by atoms with Crippen molar-refractivity contribution < 1.29 is 35.5 Å². The first-order chi connectivity index (χ1) is 3.46. The molecule has 10 heteroatoms. The molecule has 7 nitrogen and oxygen atoms in total. The summed E-state index contributed by atoms with van der Waals surface area (Å²) in [5, 5.41) is 27.9. The quantitative estimate of drug-likeness (QED) is 0.325. The molecule has 0 aliphatic heterocycles. The summed E-state index contributed by atoms with van der Waals surface area (Å²) in [4.78, 5) is 17.1. The topological polar surface area (TPSA) is 147 Å². The van der Waals surface area contributed by atoms with Gasteiger partial charge in [0.1, 0.15) is 0 Å². The van der Waals surface area contributed by atoms with Gasteiger partial charge in [-0.1, -0.05) is 0 Å². The van der Waals surface area contributed by atoms with Gasteiger partial charge in [-0.05, 0) is 0 Å². The number of hydrogen-bond donors (Lipinski definition) is 4. The molecular weight excluding hydrogens is 227 g/mol. The average molecular weight is 240 g/mol. The monoisotopic (exact) mass is 240 g/mol. The third-order valence-corrected chi connectivity index (χ3v) is 0. The second kappa shape index (κ2) is 29.6. The predicted molar refractivity (Wildman–Crippen MR) is 51.9 cm³/mol. The van der Waals surface area contributed by atoms with Crippen molar-refractivity contribution in [3.05, 3.63) is 0 Å². The van der Waals surface area contributed by atoms with Crippen molar-refractivity contribution in [3.63, 3.8) is 0 Å². The van der Waals surface area contributed by atoms with E-state index in [0.717, 1.165) is 0 Å². The van der Waals surface area contributed by atoms with Gasteiger partial charge in [-0.15, -0.1) is 0 Å². The van der Waals surface area contributed by atoms with E-state index in [1.165, 1.54) is 0 Å². The number of carboxylic acid groups (broad SMARTS) is 4. The van der Waals surface area contributed by atoms with Crippen LogP contribution in [-0.2, 0) is 0 Å². The summed E-state index contributed by atoms with van der Waals surface area (Å²) < 4.78 is 0. The van der Waals surface area contributed by atoms with Crippen molar-refractivity contribution in [1.82, 2.24) is 0 Å². The van der Waals surface area contributed by atoms with Gasteiger partial charge in [-0.2, -0.15) is 0 Å². The normalized spacial score (nSPS) is 4.00. The Kier molecular flexibility index (Phi) is 94.0. The standard InChI is InChI=1S/2CH2O3.Al.Ca.Mg.H2O.7H/c2*2-1(3)4;;;;;;;;;;;/h2*(H2,2,3,4);;;;1H2;;;;;;;. The van der Waals surface area contributed by atoms with Crippen LogP contribution >= 0.6 is 0 Å². The number of rotatable bonds is 0. The molecule has 0 aromatic heterocycles. The van der Waals surface area contributed by atoms with Crippen LogP contribution in [0.15, 0.2) is 0 Å². The third kappa shape index (κ3) is 999. The molecule has 0 fully saturated rings.